The predicted molar refractivity (Wildman–Crippen MR) is 213 cm³/mol. The number of allylic oxidation sites excluding steroid dienone is 3. The van der Waals surface area contributed by atoms with Crippen molar-refractivity contribution in [3.63, 3.8) is 0 Å². The van der Waals surface area contributed by atoms with Crippen molar-refractivity contribution in [1.82, 2.24) is 4.90 Å². The zero-order valence-electron chi connectivity index (χ0n) is 35.4. The second kappa shape index (κ2) is 21.0. The van der Waals surface area contributed by atoms with Crippen LogP contribution in [-0.2, 0) is 42.9 Å². The lowest BCUT2D eigenvalue weighted by molar-refractivity contribution is -0.302. The van der Waals surface area contributed by atoms with Gasteiger partial charge in [0.25, 0.3) is 11.7 Å². The molecule has 13 heteroatoms. The van der Waals surface area contributed by atoms with Crippen molar-refractivity contribution in [2.24, 2.45) is 29.6 Å². The van der Waals surface area contributed by atoms with Crippen molar-refractivity contribution in [2.75, 3.05) is 27.9 Å². The highest BCUT2D eigenvalue weighted by molar-refractivity contribution is 6.39. The summed E-state index contributed by atoms with van der Waals surface area (Å²) in [6.45, 7) is 13.2. The minimum atomic E-state index is -2.51. The smallest absolute Gasteiger partial charge is 0.329 e. The van der Waals surface area contributed by atoms with E-state index in [1.165, 1.54) is 26.2 Å². The van der Waals surface area contributed by atoms with Crippen LogP contribution in [0.4, 0.5) is 0 Å². The maximum Gasteiger partial charge on any atom is 0.329 e. The number of cyclic esters (lactones) is 1. The van der Waals surface area contributed by atoms with E-state index in [1.807, 2.05) is 39.8 Å². The third kappa shape index (κ3) is 11.3. The SMILES string of the molecule is C=CCC1/C=C(\C)CC(C)CC(OC)C2OC(O)(C(=O)C(=O)N3CCCCC3C(=O)OC(C3CCC(O)C(OC)C3)/C(C)=C/C(C)C(O)CC1=O)C(C)CC2OC. The number of esters is 1. The highest BCUT2D eigenvalue weighted by Gasteiger charge is 2.56. The van der Waals surface area contributed by atoms with Gasteiger partial charge in [-0.2, -0.15) is 0 Å². The number of hydrogen-bond acceptors (Lipinski definition) is 12. The van der Waals surface area contributed by atoms with Crippen LogP contribution in [0.5, 0.6) is 0 Å². The summed E-state index contributed by atoms with van der Waals surface area (Å²) < 4.78 is 29.9. The minimum Gasteiger partial charge on any atom is -0.456 e. The molecule has 1 aliphatic carbocycles. The largest absolute Gasteiger partial charge is 0.456 e. The summed E-state index contributed by atoms with van der Waals surface area (Å²) in [7, 11) is 4.58. The summed E-state index contributed by atoms with van der Waals surface area (Å²) >= 11 is 0. The Balaban J connectivity index is 1.78. The molecule has 3 N–H and O–H groups in total. The van der Waals surface area contributed by atoms with Crippen LogP contribution in [0, 0.1) is 29.6 Å². The summed E-state index contributed by atoms with van der Waals surface area (Å²) in [5, 5.41) is 34.0. The molecule has 0 aromatic heterocycles. The van der Waals surface area contributed by atoms with E-state index in [2.05, 4.69) is 6.58 Å². The molecule has 2 bridgehead atoms. The molecule has 0 radical (unpaired) electrons. The van der Waals surface area contributed by atoms with Crippen molar-refractivity contribution in [3.05, 3.63) is 36.0 Å². The van der Waals surface area contributed by atoms with Gasteiger partial charge in [-0.05, 0) is 89.5 Å². The average molecular weight is 804 g/mol. The molecule has 322 valence electrons. The first-order valence-corrected chi connectivity index (χ1v) is 20.9. The van der Waals surface area contributed by atoms with Crippen LogP contribution in [0.3, 0.4) is 0 Å². The van der Waals surface area contributed by atoms with Crippen LogP contribution in [0.15, 0.2) is 36.0 Å². The van der Waals surface area contributed by atoms with E-state index < -0.39 is 90.0 Å². The van der Waals surface area contributed by atoms with Crippen molar-refractivity contribution in [1.29, 1.82) is 0 Å². The minimum absolute atomic E-state index is 0.0107. The number of hydrogen-bond donors (Lipinski definition) is 3. The van der Waals surface area contributed by atoms with Gasteiger partial charge in [0.2, 0.25) is 5.79 Å². The van der Waals surface area contributed by atoms with E-state index in [0.717, 1.165) is 5.57 Å². The molecule has 14 atom stereocenters. The van der Waals surface area contributed by atoms with Gasteiger partial charge in [0, 0.05) is 58.0 Å². The number of ketones is 2. The lowest BCUT2D eigenvalue weighted by Crippen LogP contribution is -2.64. The normalized spacial score (nSPS) is 41.9. The topological polar surface area (TPSA) is 178 Å². The Morgan fingerprint density at radius 1 is 0.877 bits per heavy atom. The van der Waals surface area contributed by atoms with Crippen molar-refractivity contribution in [2.45, 2.75) is 160 Å². The molecule has 2 saturated heterocycles. The molecule has 0 aromatic carbocycles. The quantitative estimate of drug-likeness (QED) is 0.193. The van der Waals surface area contributed by atoms with Gasteiger partial charge >= 0.3 is 5.97 Å². The van der Waals surface area contributed by atoms with Gasteiger partial charge in [0.1, 0.15) is 24.0 Å². The lowest BCUT2D eigenvalue weighted by atomic mass is 9.79. The molecule has 0 aromatic rings. The van der Waals surface area contributed by atoms with Crippen LogP contribution in [0.1, 0.15) is 105 Å². The molecule has 57 heavy (non-hydrogen) atoms. The zero-order valence-corrected chi connectivity index (χ0v) is 35.4. The monoisotopic (exact) mass is 803 g/mol. The van der Waals surface area contributed by atoms with E-state index in [4.69, 9.17) is 23.7 Å². The van der Waals surface area contributed by atoms with E-state index >= 15 is 0 Å². The number of carbonyl (C=O) groups is 4. The number of nitrogens with zero attached hydrogens (tertiary/aromatic N) is 1. The number of methoxy groups -OCH3 is 3. The summed E-state index contributed by atoms with van der Waals surface area (Å²) in [6, 6.07) is -1.10. The molecule has 3 aliphatic heterocycles. The number of ether oxygens (including phenoxy) is 5. The number of fused-ring (bicyclic) bond motifs is 3. The maximum atomic E-state index is 14.3. The lowest BCUT2D eigenvalue weighted by Gasteiger charge is -2.47. The van der Waals surface area contributed by atoms with E-state index in [9.17, 15) is 34.5 Å². The van der Waals surface area contributed by atoms with Gasteiger partial charge in [-0.1, -0.05) is 44.6 Å². The average Bonchev–Trinajstić information content (AvgIpc) is 3.18. The molecule has 4 rings (SSSR count). The molecule has 4 aliphatic rings. The fourth-order valence-electron chi connectivity index (χ4n) is 9.45. The van der Waals surface area contributed by atoms with E-state index in [0.29, 0.717) is 56.9 Å². The third-order valence-electron chi connectivity index (χ3n) is 12.9. The van der Waals surface area contributed by atoms with E-state index in [1.54, 1.807) is 13.0 Å². The van der Waals surface area contributed by atoms with E-state index in [-0.39, 0.29) is 43.4 Å². The maximum absolute atomic E-state index is 14.3. The number of piperidine rings is 1. The Kier molecular flexibility index (Phi) is 17.2. The highest BCUT2D eigenvalue weighted by atomic mass is 16.7. The Morgan fingerprint density at radius 2 is 1.54 bits per heavy atom. The number of aliphatic hydroxyl groups is 3. The molecule has 14 unspecified atom stereocenters. The van der Waals surface area contributed by atoms with Crippen LogP contribution in [-0.4, -0.2) is 126 Å². The Morgan fingerprint density at radius 3 is 2.19 bits per heavy atom. The molecule has 3 heterocycles. The van der Waals surface area contributed by atoms with Crippen LogP contribution in [0.25, 0.3) is 0 Å². The Bertz CT molecular complexity index is 1480. The second-order valence-electron chi connectivity index (χ2n) is 17.3. The summed E-state index contributed by atoms with van der Waals surface area (Å²) in [5.74, 6) is -7.58. The van der Waals surface area contributed by atoms with Gasteiger partial charge in [-0.25, -0.2) is 4.79 Å². The molecule has 1 amide bonds. The van der Waals surface area contributed by atoms with Crippen molar-refractivity contribution >= 4 is 23.4 Å². The predicted octanol–water partition coefficient (Wildman–Crippen LogP) is 4.64. The second-order valence-corrected chi connectivity index (χ2v) is 17.3. The first-order valence-electron chi connectivity index (χ1n) is 20.9. The first-order chi connectivity index (χ1) is 27.0. The zero-order chi connectivity index (χ0) is 42.2. The molecular weight excluding hydrogens is 734 g/mol. The molecule has 3 fully saturated rings. The number of aliphatic hydroxyl groups excluding tert-OH is 2. The number of Topliss-reactive ketones (excluding diaryl/α,β-unsaturated/α-hetero) is 2. The van der Waals surface area contributed by atoms with Gasteiger partial charge in [-0.3, -0.25) is 14.4 Å². The summed E-state index contributed by atoms with van der Waals surface area (Å²) in [5.41, 5.74) is 1.62. The van der Waals surface area contributed by atoms with Crippen LogP contribution in [0.2, 0.25) is 0 Å². The molecule has 13 nitrogen and oxygen atoms in total. The molecule has 1 saturated carbocycles. The standard InChI is InChI=1S/C44H69NO12/c1-10-13-30-19-25(2)18-26(3)20-37(54-8)40-38(55-9)22-29(6)44(52,57-40)41(49)42(50)45-17-12-11-14-32(45)43(51)56-39(31-15-16-33(46)36(23-31)53-7)28(5)21-27(4)34(47)24-35(30)48/h10,19,21,26-27,29-34,36-40,46-47,52H,1,11-18,20,22-24H2,2-9H3/b25-19+,28-21+. The van der Waals surface area contributed by atoms with Crippen molar-refractivity contribution in [3.8, 4) is 0 Å². The van der Waals surface area contributed by atoms with Gasteiger partial charge in [0.05, 0.1) is 30.5 Å². The fraction of sp³-hybridized carbons (Fsp3) is 0.773. The summed E-state index contributed by atoms with van der Waals surface area (Å²) in [4.78, 5) is 57.7. The Hall–Kier alpha value is -2.78. The van der Waals surface area contributed by atoms with Crippen molar-refractivity contribution < 1.29 is 58.2 Å². The highest BCUT2D eigenvalue weighted by Crippen LogP contribution is 2.39. The van der Waals surface area contributed by atoms with Crippen LogP contribution < -0.4 is 0 Å². The Labute approximate surface area is 339 Å². The van der Waals surface area contributed by atoms with Gasteiger partial charge in [-0.15, -0.1) is 6.58 Å². The third-order valence-corrected chi connectivity index (χ3v) is 12.9. The fourth-order valence-corrected chi connectivity index (χ4v) is 9.45. The van der Waals surface area contributed by atoms with Crippen LogP contribution >= 0.6 is 0 Å². The first kappa shape index (κ1) is 46.9. The number of rotatable bonds is 6. The molecule has 0 spiro atoms. The summed E-state index contributed by atoms with van der Waals surface area (Å²) in [6.07, 6.45) is 4.67. The number of amides is 1. The molecular formula is C44H69NO12. The van der Waals surface area contributed by atoms with Gasteiger partial charge < -0.3 is 43.9 Å². The van der Waals surface area contributed by atoms with Gasteiger partial charge in [0.15, 0.2) is 0 Å². The number of carbonyl (C=O) groups excluding carboxylic acids is 4.